The fourth-order valence-electron chi connectivity index (χ4n) is 4.05. The minimum Gasteiger partial charge on any atom is -0.390 e. The molecule has 0 amide bonds. The summed E-state index contributed by atoms with van der Waals surface area (Å²) < 4.78 is 21.7. The van der Waals surface area contributed by atoms with Gasteiger partial charge in [-0.15, -0.1) is 6.58 Å². The molecule has 3 saturated heterocycles. The second-order valence-electron chi connectivity index (χ2n) is 8.11. The number of aliphatic hydroxyl groups is 4. The zero-order valence-corrected chi connectivity index (χ0v) is 17.9. The fraction of sp³-hybridized carbons (Fsp3) is 0.905. The van der Waals surface area contributed by atoms with Crippen molar-refractivity contribution in [2.75, 3.05) is 6.61 Å². The molecule has 10 atom stereocenters. The standard InChI is InChI=1S/C10H18O4.C9H14O4.C2H6/c1-5(2)10-13-7-4-3-6(11)8(12)9(7)14-10;1-2-6-3-5-4-12-9(11)7(10)8(5)13-6;1-2/h5-12H,3-4H2,1-2H3;2,5-11H,1,3-4H2;1-2H3. The first-order valence-electron chi connectivity index (χ1n) is 10.7. The van der Waals surface area contributed by atoms with Gasteiger partial charge in [-0.05, 0) is 19.3 Å². The number of rotatable bonds is 2. The van der Waals surface area contributed by atoms with Gasteiger partial charge in [0.05, 0.1) is 31.0 Å². The van der Waals surface area contributed by atoms with Gasteiger partial charge in [0.2, 0.25) is 0 Å². The quantitative estimate of drug-likeness (QED) is 0.490. The van der Waals surface area contributed by atoms with E-state index in [0.717, 1.165) is 12.8 Å². The molecule has 0 aromatic rings. The topological polar surface area (TPSA) is 118 Å². The third-order valence-electron chi connectivity index (χ3n) is 5.69. The van der Waals surface area contributed by atoms with Crippen LogP contribution in [0.5, 0.6) is 0 Å². The predicted octanol–water partition coefficient (Wildman–Crippen LogP) is 0.950. The van der Waals surface area contributed by atoms with Crippen LogP contribution in [0, 0.1) is 11.8 Å². The Balaban J connectivity index is 0.000000191. The Morgan fingerprint density at radius 2 is 1.62 bits per heavy atom. The third kappa shape index (κ3) is 5.77. The highest BCUT2D eigenvalue weighted by Gasteiger charge is 2.47. The van der Waals surface area contributed by atoms with E-state index in [2.05, 4.69) is 6.58 Å². The van der Waals surface area contributed by atoms with Crippen LogP contribution in [0.1, 0.15) is 47.0 Å². The van der Waals surface area contributed by atoms with Crippen LogP contribution in [0.4, 0.5) is 0 Å². The first-order chi connectivity index (χ1) is 13.8. The Kier molecular flexibility index (Phi) is 9.50. The Hall–Kier alpha value is -0.580. The predicted molar refractivity (Wildman–Crippen MR) is 106 cm³/mol. The molecule has 1 saturated carbocycles. The van der Waals surface area contributed by atoms with Gasteiger partial charge in [0.15, 0.2) is 12.6 Å². The fourth-order valence-corrected chi connectivity index (χ4v) is 4.05. The van der Waals surface area contributed by atoms with Crippen LogP contribution in [-0.4, -0.2) is 82.3 Å². The molecule has 3 aliphatic heterocycles. The van der Waals surface area contributed by atoms with E-state index >= 15 is 0 Å². The Labute approximate surface area is 173 Å². The molecule has 3 heterocycles. The number of ether oxygens (including phenoxy) is 4. The Bertz CT molecular complexity index is 501. The second kappa shape index (κ2) is 11.2. The molecule has 0 bridgehead atoms. The van der Waals surface area contributed by atoms with Crippen molar-refractivity contribution >= 4 is 0 Å². The van der Waals surface area contributed by atoms with Crippen LogP contribution in [0.3, 0.4) is 0 Å². The third-order valence-corrected chi connectivity index (χ3v) is 5.69. The van der Waals surface area contributed by atoms with E-state index in [1.165, 1.54) is 0 Å². The van der Waals surface area contributed by atoms with Crippen LogP contribution in [0.2, 0.25) is 0 Å². The molecule has 4 fully saturated rings. The van der Waals surface area contributed by atoms with E-state index < -0.39 is 24.6 Å². The molecule has 1 aliphatic carbocycles. The van der Waals surface area contributed by atoms with Gasteiger partial charge in [0.25, 0.3) is 0 Å². The number of aliphatic hydroxyl groups excluding tert-OH is 4. The van der Waals surface area contributed by atoms with Gasteiger partial charge in [0.1, 0.15) is 18.3 Å². The van der Waals surface area contributed by atoms with Crippen LogP contribution in [0.25, 0.3) is 0 Å². The van der Waals surface area contributed by atoms with Crippen LogP contribution >= 0.6 is 0 Å². The van der Waals surface area contributed by atoms with Gasteiger partial charge in [-0.1, -0.05) is 33.8 Å². The average Bonchev–Trinajstić information content (AvgIpc) is 3.35. The molecule has 8 nitrogen and oxygen atoms in total. The molecule has 4 rings (SSSR count). The maximum atomic E-state index is 9.69. The van der Waals surface area contributed by atoms with Crippen molar-refractivity contribution in [3.05, 3.63) is 12.7 Å². The lowest BCUT2D eigenvalue weighted by Gasteiger charge is -2.32. The van der Waals surface area contributed by atoms with Gasteiger partial charge < -0.3 is 39.4 Å². The van der Waals surface area contributed by atoms with Gasteiger partial charge in [-0.2, -0.15) is 0 Å². The summed E-state index contributed by atoms with van der Waals surface area (Å²) in [5.41, 5.74) is 0. The van der Waals surface area contributed by atoms with Gasteiger partial charge in [0, 0.05) is 11.8 Å². The molecule has 4 aliphatic rings. The SMILES string of the molecule is C=CC1CC2COC(O)C(O)C2O1.CC.CC(C)C1OC2CCC(O)C(O)C2O1. The van der Waals surface area contributed by atoms with E-state index in [-0.39, 0.29) is 42.5 Å². The van der Waals surface area contributed by atoms with Crippen molar-refractivity contribution in [3.8, 4) is 0 Å². The molecule has 0 spiro atoms. The van der Waals surface area contributed by atoms with Crippen molar-refractivity contribution in [2.24, 2.45) is 11.8 Å². The summed E-state index contributed by atoms with van der Waals surface area (Å²) in [5.74, 6) is 0.464. The minimum atomic E-state index is -1.11. The van der Waals surface area contributed by atoms with E-state index in [4.69, 9.17) is 18.9 Å². The van der Waals surface area contributed by atoms with Gasteiger partial charge in [-0.3, -0.25) is 0 Å². The zero-order chi connectivity index (χ0) is 21.7. The number of hydrogen-bond acceptors (Lipinski definition) is 8. The highest BCUT2D eigenvalue weighted by Crippen LogP contribution is 2.35. The summed E-state index contributed by atoms with van der Waals surface area (Å²) in [6, 6.07) is 0. The lowest BCUT2D eigenvalue weighted by Crippen LogP contribution is -2.48. The Morgan fingerprint density at radius 1 is 0.931 bits per heavy atom. The second-order valence-corrected chi connectivity index (χ2v) is 8.11. The average molecular weight is 419 g/mol. The molecular weight excluding hydrogens is 380 g/mol. The monoisotopic (exact) mass is 418 g/mol. The summed E-state index contributed by atoms with van der Waals surface area (Å²) >= 11 is 0. The van der Waals surface area contributed by atoms with Crippen molar-refractivity contribution < 1.29 is 39.4 Å². The van der Waals surface area contributed by atoms with Crippen molar-refractivity contribution in [1.82, 2.24) is 0 Å². The van der Waals surface area contributed by atoms with E-state index in [9.17, 15) is 20.4 Å². The summed E-state index contributed by atoms with van der Waals surface area (Å²) in [4.78, 5) is 0. The first kappa shape index (κ1) is 24.7. The van der Waals surface area contributed by atoms with E-state index in [1.54, 1.807) is 6.08 Å². The molecule has 4 N–H and O–H groups in total. The minimum absolute atomic E-state index is 0.0152. The van der Waals surface area contributed by atoms with Gasteiger partial charge >= 0.3 is 0 Å². The Morgan fingerprint density at radius 3 is 2.24 bits per heavy atom. The molecule has 29 heavy (non-hydrogen) atoms. The maximum absolute atomic E-state index is 9.69. The highest BCUT2D eigenvalue weighted by molar-refractivity contribution is 4.96. The van der Waals surface area contributed by atoms with Crippen molar-refractivity contribution in [1.29, 1.82) is 0 Å². The summed E-state index contributed by atoms with van der Waals surface area (Å²) in [5, 5.41) is 37.9. The smallest absolute Gasteiger partial charge is 0.183 e. The molecular formula is C21H38O8. The van der Waals surface area contributed by atoms with Crippen LogP contribution in [0.15, 0.2) is 12.7 Å². The number of hydrogen-bond donors (Lipinski definition) is 4. The highest BCUT2D eigenvalue weighted by atomic mass is 16.7. The van der Waals surface area contributed by atoms with Crippen molar-refractivity contribution in [3.63, 3.8) is 0 Å². The summed E-state index contributed by atoms with van der Waals surface area (Å²) in [6.07, 6.45) is -0.517. The van der Waals surface area contributed by atoms with E-state index in [1.807, 2.05) is 27.7 Å². The number of fused-ring (bicyclic) bond motifs is 2. The molecule has 0 radical (unpaired) electrons. The summed E-state index contributed by atoms with van der Waals surface area (Å²) in [6.45, 7) is 12.1. The molecule has 0 aromatic heterocycles. The van der Waals surface area contributed by atoms with Crippen LogP contribution < -0.4 is 0 Å². The van der Waals surface area contributed by atoms with E-state index in [0.29, 0.717) is 13.0 Å². The van der Waals surface area contributed by atoms with Crippen LogP contribution in [-0.2, 0) is 18.9 Å². The maximum Gasteiger partial charge on any atom is 0.183 e. The molecule has 10 unspecified atom stereocenters. The summed E-state index contributed by atoms with van der Waals surface area (Å²) in [7, 11) is 0. The lowest BCUT2D eigenvalue weighted by atomic mass is 9.90. The molecule has 8 heteroatoms. The van der Waals surface area contributed by atoms with Crippen molar-refractivity contribution in [2.45, 2.75) is 102 Å². The normalized spacial score (nSPS) is 46.0. The van der Waals surface area contributed by atoms with Gasteiger partial charge in [-0.25, -0.2) is 0 Å². The zero-order valence-electron chi connectivity index (χ0n) is 17.9. The molecule has 0 aromatic carbocycles. The largest absolute Gasteiger partial charge is 0.390 e. The lowest BCUT2D eigenvalue weighted by molar-refractivity contribution is -0.233. The first-order valence-corrected chi connectivity index (χ1v) is 10.7. The molecule has 170 valence electrons.